The molecule has 1 aliphatic carbocycles. The first kappa shape index (κ1) is 24.4. The molecule has 2 heterocycles. The van der Waals surface area contributed by atoms with Crippen LogP contribution in [0.25, 0.3) is 0 Å². The number of rotatable bonds is 9. The second kappa shape index (κ2) is 11.1. The molecule has 0 bridgehead atoms. The number of thioether (sulfide) groups is 2. The zero-order valence-corrected chi connectivity index (χ0v) is 19.5. The van der Waals surface area contributed by atoms with E-state index in [1.807, 2.05) is 18.2 Å². The third kappa shape index (κ3) is 5.38. The fraction of sp³-hybridized carbons (Fsp3) is 0.524. The fourth-order valence-electron chi connectivity index (χ4n) is 3.68. The number of fused-ring (bicyclic) bond motifs is 1. The molecule has 2 unspecified atom stereocenters. The number of nitrogens with one attached hydrogen (secondary N) is 2. The number of carbonyl (C=O) groups is 4. The van der Waals surface area contributed by atoms with Gasteiger partial charge in [0, 0.05) is 11.5 Å². The van der Waals surface area contributed by atoms with Gasteiger partial charge in [0.1, 0.15) is 17.5 Å². The molecular formula is C21H28N4O5S2. The molecular weight excluding hydrogens is 452 g/mol. The number of nitrogens with zero attached hydrogens (tertiary/aromatic N) is 1. The van der Waals surface area contributed by atoms with E-state index >= 15 is 0 Å². The summed E-state index contributed by atoms with van der Waals surface area (Å²) < 4.78 is 0. The highest BCUT2D eigenvalue weighted by molar-refractivity contribution is 8.13. The van der Waals surface area contributed by atoms with Crippen molar-refractivity contribution in [1.82, 2.24) is 15.5 Å². The monoisotopic (exact) mass is 480 g/mol. The van der Waals surface area contributed by atoms with Crippen molar-refractivity contribution in [3.8, 4) is 0 Å². The van der Waals surface area contributed by atoms with Gasteiger partial charge in [0.15, 0.2) is 5.70 Å². The maximum Gasteiger partial charge on any atom is 0.354 e. The Bertz CT molecular complexity index is 885. The van der Waals surface area contributed by atoms with E-state index in [1.54, 1.807) is 0 Å². The van der Waals surface area contributed by atoms with E-state index < -0.39 is 35.2 Å². The first-order valence-electron chi connectivity index (χ1n) is 10.6. The van der Waals surface area contributed by atoms with Crippen LogP contribution in [0.3, 0.4) is 0 Å². The molecule has 3 amide bonds. The molecule has 2 aliphatic heterocycles. The zero-order chi connectivity index (χ0) is 23.3. The summed E-state index contributed by atoms with van der Waals surface area (Å²) in [5.74, 6) is -1.43. The van der Waals surface area contributed by atoms with Crippen LogP contribution in [0.5, 0.6) is 0 Å². The van der Waals surface area contributed by atoms with Crippen LogP contribution in [0.15, 0.2) is 35.2 Å². The van der Waals surface area contributed by atoms with E-state index in [0.717, 1.165) is 41.5 Å². The number of carboxylic acid groups (broad SMARTS) is 1. The van der Waals surface area contributed by atoms with Gasteiger partial charge < -0.3 is 21.5 Å². The summed E-state index contributed by atoms with van der Waals surface area (Å²) in [6.07, 6.45) is 10.1. The molecule has 32 heavy (non-hydrogen) atoms. The topological polar surface area (TPSA) is 142 Å². The summed E-state index contributed by atoms with van der Waals surface area (Å²) >= 11 is 2.40. The fourth-order valence-corrected chi connectivity index (χ4v) is 5.69. The predicted molar refractivity (Wildman–Crippen MR) is 125 cm³/mol. The van der Waals surface area contributed by atoms with Crippen LogP contribution >= 0.6 is 23.5 Å². The Morgan fingerprint density at radius 3 is 2.78 bits per heavy atom. The van der Waals surface area contributed by atoms with E-state index in [9.17, 15) is 24.3 Å². The van der Waals surface area contributed by atoms with E-state index in [1.165, 1.54) is 11.8 Å². The minimum absolute atomic E-state index is 0.195. The summed E-state index contributed by atoms with van der Waals surface area (Å²) in [4.78, 5) is 50.5. The van der Waals surface area contributed by atoms with E-state index in [0.29, 0.717) is 18.6 Å². The lowest BCUT2D eigenvalue weighted by Crippen LogP contribution is -2.71. The number of carbonyl (C=O) groups excluding carboxylic acids is 3. The number of hydrogen-bond acceptors (Lipinski definition) is 7. The molecule has 0 aromatic carbocycles. The SMILES string of the molecule is CCCCCSC(=O)NC1=C(C(=O)O)N2C(=O)C(NC(=O)C(N)C3=CCC=CC3)[C@H]2SC1. The quantitative estimate of drug-likeness (QED) is 0.223. The number of nitrogens with two attached hydrogens (primary N) is 1. The molecule has 1 fully saturated rings. The van der Waals surface area contributed by atoms with Crippen LogP contribution in [0.2, 0.25) is 0 Å². The second-order valence-corrected chi connectivity index (χ2v) is 9.84. The maximum absolute atomic E-state index is 12.7. The van der Waals surface area contributed by atoms with Crippen LogP contribution in [-0.4, -0.2) is 62.0 Å². The summed E-state index contributed by atoms with van der Waals surface area (Å²) in [6, 6.07) is -1.71. The van der Waals surface area contributed by atoms with Gasteiger partial charge in [-0.15, -0.1) is 11.8 Å². The summed E-state index contributed by atoms with van der Waals surface area (Å²) in [7, 11) is 0. The van der Waals surface area contributed by atoms with Gasteiger partial charge in [-0.3, -0.25) is 19.3 Å². The molecule has 0 spiro atoms. The highest BCUT2D eigenvalue weighted by Crippen LogP contribution is 2.40. The lowest BCUT2D eigenvalue weighted by atomic mass is 9.97. The summed E-state index contributed by atoms with van der Waals surface area (Å²) in [6.45, 7) is 2.07. The van der Waals surface area contributed by atoms with Crippen molar-refractivity contribution >= 4 is 46.5 Å². The molecule has 3 aliphatic rings. The number of β-lactam (4-membered cyclic amide) rings is 1. The molecule has 9 nitrogen and oxygen atoms in total. The van der Waals surface area contributed by atoms with Gasteiger partial charge in [-0.1, -0.05) is 49.8 Å². The predicted octanol–water partition coefficient (Wildman–Crippen LogP) is 1.92. The largest absolute Gasteiger partial charge is 0.477 e. The number of allylic oxidation sites excluding steroid dienone is 3. The Hall–Kier alpha value is -2.24. The first-order chi connectivity index (χ1) is 15.3. The van der Waals surface area contributed by atoms with Gasteiger partial charge in [-0.2, -0.15) is 0 Å². The molecule has 0 aromatic rings. The second-order valence-electron chi connectivity index (χ2n) is 7.66. The van der Waals surface area contributed by atoms with Crippen LogP contribution in [0.1, 0.15) is 39.0 Å². The van der Waals surface area contributed by atoms with E-state index in [4.69, 9.17) is 5.73 Å². The molecule has 0 aromatic heterocycles. The smallest absolute Gasteiger partial charge is 0.354 e. The maximum atomic E-state index is 12.7. The van der Waals surface area contributed by atoms with Crippen LogP contribution < -0.4 is 16.4 Å². The molecule has 1 saturated heterocycles. The molecule has 11 heteroatoms. The molecule has 174 valence electrons. The Kier molecular flexibility index (Phi) is 8.44. The van der Waals surface area contributed by atoms with Gasteiger partial charge in [0.05, 0.1) is 5.70 Å². The van der Waals surface area contributed by atoms with Gasteiger partial charge >= 0.3 is 5.97 Å². The first-order valence-corrected chi connectivity index (χ1v) is 12.6. The molecule has 0 radical (unpaired) electrons. The normalized spacial score (nSPS) is 23.1. The third-order valence-corrected chi connectivity index (χ3v) is 7.56. The Labute approximate surface area is 195 Å². The van der Waals surface area contributed by atoms with Gasteiger partial charge in [0.25, 0.3) is 11.1 Å². The van der Waals surface area contributed by atoms with Crippen molar-refractivity contribution < 1.29 is 24.3 Å². The van der Waals surface area contributed by atoms with Gasteiger partial charge in [-0.25, -0.2) is 4.79 Å². The van der Waals surface area contributed by atoms with Gasteiger partial charge in [-0.05, 0) is 24.8 Å². The van der Waals surface area contributed by atoms with Crippen molar-refractivity contribution in [2.24, 2.45) is 5.73 Å². The van der Waals surface area contributed by atoms with E-state index in [2.05, 4.69) is 17.6 Å². The van der Waals surface area contributed by atoms with Crippen LogP contribution in [-0.2, 0) is 14.4 Å². The zero-order valence-electron chi connectivity index (χ0n) is 17.8. The van der Waals surface area contributed by atoms with Crippen molar-refractivity contribution in [3.05, 3.63) is 35.2 Å². The van der Waals surface area contributed by atoms with Crippen molar-refractivity contribution in [2.75, 3.05) is 11.5 Å². The lowest BCUT2D eigenvalue weighted by molar-refractivity contribution is -0.150. The highest BCUT2D eigenvalue weighted by atomic mass is 32.2. The molecule has 5 N–H and O–H groups in total. The van der Waals surface area contributed by atoms with Crippen molar-refractivity contribution in [2.45, 2.75) is 56.5 Å². The lowest BCUT2D eigenvalue weighted by Gasteiger charge is -2.49. The summed E-state index contributed by atoms with van der Waals surface area (Å²) in [5.41, 5.74) is 6.79. The number of carboxylic acids is 1. The minimum Gasteiger partial charge on any atom is -0.477 e. The van der Waals surface area contributed by atoms with Gasteiger partial charge in [0.2, 0.25) is 5.91 Å². The molecule has 3 atom stereocenters. The van der Waals surface area contributed by atoms with Crippen molar-refractivity contribution in [3.63, 3.8) is 0 Å². The van der Waals surface area contributed by atoms with E-state index in [-0.39, 0.29) is 22.4 Å². The number of amides is 3. The molecule has 3 rings (SSSR count). The number of hydrogen-bond donors (Lipinski definition) is 4. The highest BCUT2D eigenvalue weighted by Gasteiger charge is 2.54. The standard InChI is InChI=1S/C21H28N4O5S2/c1-2-3-7-10-31-21(30)23-13-11-32-19-15(18(27)25(19)16(13)20(28)29)24-17(26)14(22)12-8-5-4-6-9-12/h4-5,9,14-15,19H,2-3,6-8,10-11,22H2,1H3,(H,23,30)(H,24,26)(H,28,29)/t14?,15?,19-/m1/s1. The number of aliphatic carboxylic acids is 1. The Balaban J connectivity index is 1.63. The average molecular weight is 481 g/mol. The van der Waals surface area contributed by atoms with Crippen molar-refractivity contribution in [1.29, 1.82) is 0 Å². The Morgan fingerprint density at radius 1 is 1.34 bits per heavy atom. The summed E-state index contributed by atoms with van der Waals surface area (Å²) in [5, 5.41) is 14.1. The Morgan fingerprint density at radius 2 is 2.12 bits per heavy atom. The average Bonchev–Trinajstić information content (AvgIpc) is 2.79. The van der Waals surface area contributed by atoms with Crippen LogP contribution in [0, 0.1) is 0 Å². The van der Waals surface area contributed by atoms with Crippen LogP contribution in [0.4, 0.5) is 4.79 Å². The minimum atomic E-state index is -1.30. The molecule has 0 saturated carbocycles. The number of unbranched alkanes of at least 4 members (excludes halogenated alkanes) is 2. The third-order valence-electron chi connectivity index (χ3n) is 5.42.